The van der Waals surface area contributed by atoms with Gasteiger partial charge in [-0.2, -0.15) is 0 Å². The van der Waals surface area contributed by atoms with Gasteiger partial charge in [-0.05, 0) is 32.4 Å². The van der Waals surface area contributed by atoms with Gasteiger partial charge in [-0.3, -0.25) is 0 Å². The van der Waals surface area contributed by atoms with Crippen molar-refractivity contribution in [2.24, 2.45) is 0 Å². The summed E-state index contributed by atoms with van der Waals surface area (Å²) in [7, 11) is -3.16. The first-order chi connectivity index (χ1) is 7.09. The molecule has 2 nitrogen and oxygen atoms in total. The van der Waals surface area contributed by atoms with Crippen LogP contribution in [0.25, 0.3) is 0 Å². The van der Waals surface area contributed by atoms with Gasteiger partial charge in [0, 0.05) is 0 Å². The van der Waals surface area contributed by atoms with Gasteiger partial charge in [0.15, 0.2) is 9.84 Å². The lowest BCUT2D eigenvalue weighted by Gasteiger charge is -2.10. The van der Waals surface area contributed by atoms with Crippen molar-refractivity contribution in [2.75, 3.05) is 0 Å². The van der Waals surface area contributed by atoms with E-state index in [-0.39, 0.29) is 5.25 Å². The van der Waals surface area contributed by atoms with Gasteiger partial charge in [-0.25, -0.2) is 8.42 Å². The van der Waals surface area contributed by atoms with Crippen LogP contribution in [0.2, 0.25) is 0 Å². The molecular weight excluding hydrogens is 208 g/mol. The molecule has 0 bridgehead atoms. The summed E-state index contributed by atoms with van der Waals surface area (Å²) in [6.45, 7) is 3.63. The van der Waals surface area contributed by atoms with E-state index in [1.165, 1.54) is 0 Å². The van der Waals surface area contributed by atoms with Crippen LogP contribution >= 0.6 is 0 Å². The van der Waals surface area contributed by atoms with Crippen LogP contribution < -0.4 is 0 Å². The molecule has 0 aliphatic rings. The molecule has 0 amide bonds. The molecule has 1 aromatic carbocycles. The second-order valence-electron chi connectivity index (χ2n) is 3.47. The summed E-state index contributed by atoms with van der Waals surface area (Å²) < 4.78 is 24.0. The maximum atomic E-state index is 12.0. The molecule has 0 fully saturated rings. The van der Waals surface area contributed by atoms with Crippen molar-refractivity contribution in [3.05, 3.63) is 42.5 Å². The quantitative estimate of drug-likeness (QED) is 0.737. The van der Waals surface area contributed by atoms with Crippen LogP contribution in [-0.2, 0) is 9.84 Å². The highest BCUT2D eigenvalue weighted by molar-refractivity contribution is 7.92. The summed E-state index contributed by atoms with van der Waals surface area (Å²) in [5.41, 5.74) is 0. The van der Waals surface area contributed by atoms with E-state index in [0.717, 1.165) is 0 Å². The molecule has 1 rings (SSSR count). The van der Waals surface area contributed by atoms with Gasteiger partial charge in [-0.15, -0.1) is 0 Å². The number of sulfone groups is 1. The lowest BCUT2D eigenvalue weighted by Crippen LogP contribution is -2.17. The van der Waals surface area contributed by atoms with Crippen LogP contribution in [0.15, 0.2) is 47.4 Å². The molecule has 1 aromatic rings. The maximum absolute atomic E-state index is 12.0. The van der Waals surface area contributed by atoms with E-state index >= 15 is 0 Å². The van der Waals surface area contributed by atoms with Crippen LogP contribution in [0, 0.1) is 0 Å². The fourth-order valence-electron chi connectivity index (χ4n) is 1.30. The Hall–Kier alpha value is -1.09. The highest BCUT2D eigenvalue weighted by Gasteiger charge is 2.21. The number of rotatable bonds is 4. The SMILES string of the molecule is C/C=C/CC(C)S(=O)(=O)c1ccccc1. The molecule has 0 heterocycles. The van der Waals surface area contributed by atoms with Crippen LogP contribution in [0.5, 0.6) is 0 Å². The molecule has 15 heavy (non-hydrogen) atoms. The van der Waals surface area contributed by atoms with E-state index in [1.807, 2.05) is 25.1 Å². The normalized spacial score (nSPS) is 14.3. The first-order valence-corrected chi connectivity index (χ1v) is 6.53. The molecule has 82 valence electrons. The van der Waals surface area contributed by atoms with E-state index < -0.39 is 9.84 Å². The predicted molar refractivity (Wildman–Crippen MR) is 62.5 cm³/mol. The smallest absolute Gasteiger partial charge is 0.181 e. The van der Waals surface area contributed by atoms with Gasteiger partial charge >= 0.3 is 0 Å². The Morgan fingerprint density at radius 1 is 1.27 bits per heavy atom. The van der Waals surface area contributed by atoms with Crippen molar-refractivity contribution in [1.29, 1.82) is 0 Å². The standard InChI is InChI=1S/C12H16O2S/c1-3-4-8-11(2)15(13,14)12-9-6-5-7-10-12/h3-7,9-11H,8H2,1-2H3/b4-3+. The van der Waals surface area contributed by atoms with Crippen LogP contribution in [0.3, 0.4) is 0 Å². The molecule has 0 saturated carbocycles. The monoisotopic (exact) mass is 224 g/mol. The Morgan fingerprint density at radius 2 is 1.87 bits per heavy atom. The topological polar surface area (TPSA) is 34.1 Å². The zero-order valence-corrected chi connectivity index (χ0v) is 9.87. The summed E-state index contributed by atoms with van der Waals surface area (Å²) >= 11 is 0. The Bertz CT molecular complexity index is 418. The second kappa shape index (κ2) is 5.12. The zero-order valence-electron chi connectivity index (χ0n) is 9.05. The first kappa shape index (κ1) is 12.0. The molecule has 0 aliphatic carbocycles. The Morgan fingerprint density at radius 3 is 2.40 bits per heavy atom. The molecule has 0 saturated heterocycles. The van der Waals surface area contributed by atoms with Crippen molar-refractivity contribution in [1.82, 2.24) is 0 Å². The summed E-state index contributed by atoms with van der Waals surface area (Å²) in [4.78, 5) is 0.405. The van der Waals surface area contributed by atoms with E-state index in [4.69, 9.17) is 0 Å². The fraction of sp³-hybridized carbons (Fsp3) is 0.333. The van der Waals surface area contributed by atoms with E-state index in [2.05, 4.69) is 0 Å². The van der Waals surface area contributed by atoms with Gasteiger partial charge in [0.2, 0.25) is 0 Å². The summed E-state index contributed by atoms with van der Waals surface area (Å²) in [6.07, 6.45) is 4.32. The highest BCUT2D eigenvalue weighted by atomic mass is 32.2. The third kappa shape index (κ3) is 2.93. The van der Waals surface area contributed by atoms with Crippen molar-refractivity contribution in [3.8, 4) is 0 Å². The predicted octanol–water partition coefficient (Wildman–Crippen LogP) is 2.82. The van der Waals surface area contributed by atoms with E-state index in [1.54, 1.807) is 31.2 Å². The number of hydrogen-bond donors (Lipinski definition) is 0. The average molecular weight is 224 g/mol. The number of hydrogen-bond acceptors (Lipinski definition) is 2. The largest absolute Gasteiger partial charge is 0.223 e. The number of allylic oxidation sites excluding steroid dienone is 2. The molecule has 3 heteroatoms. The van der Waals surface area contributed by atoms with Crippen LogP contribution in [0.1, 0.15) is 20.3 Å². The minimum absolute atomic E-state index is 0.365. The van der Waals surface area contributed by atoms with Crippen molar-refractivity contribution >= 4 is 9.84 Å². The van der Waals surface area contributed by atoms with Gasteiger partial charge < -0.3 is 0 Å². The molecule has 1 unspecified atom stereocenters. The minimum atomic E-state index is -3.16. The Labute approximate surface area is 91.6 Å². The van der Waals surface area contributed by atoms with Crippen molar-refractivity contribution in [3.63, 3.8) is 0 Å². The molecule has 0 spiro atoms. The highest BCUT2D eigenvalue weighted by Crippen LogP contribution is 2.17. The first-order valence-electron chi connectivity index (χ1n) is 4.99. The van der Waals surface area contributed by atoms with Crippen molar-refractivity contribution < 1.29 is 8.42 Å². The van der Waals surface area contributed by atoms with Gasteiger partial charge in [0.25, 0.3) is 0 Å². The van der Waals surface area contributed by atoms with Crippen molar-refractivity contribution in [2.45, 2.75) is 30.4 Å². The summed E-state index contributed by atoms with van der Waals surface area (Å²) in [6, 6.07) is 8.59. The van der Waals surface area contributed by atoms with E-state index in [9.17, 15) is 8.42 Å². The average Bonchev–Trinajstić information content (AvgIpc) is 2.27. The third-order valence-electron chi connectivity index (χ3n) is 2.31. The lowest BCUT2D eigenvalue weighted by molar-refractivity contribution is 0.583. The van der Waals surface area contributed by atoms with E-state index in [0.29, 0.717) is 11.3 Å². The fourth-order valence-corrected chi connectivity index (χ4v) is 2.66. The molecule has 0 N–H and O–H groups in total. The molecular formula is C12H16O2S. The number of benzene rings is 1. The molecule has 0 aliphatic heterocycles. The van der Waals surface area contributed by atoms with Gasteiger partial charge in [-0.1, -0.05) is 30.4 Å². The van der Waals surface area contributed by atoms with Crippen LogP contribution in [0.4, 0.5) is 0 Å². The zero-order chi connectivity index (χ0) is 11.3. The molecule has 1 atom stereocenters. The second-order valence-corrected chi connectivity index (χ2v) is 5.84. The molecule has 0 aromatic heterocycles. The third-order valence-corrected chi connectivity index (χ3v) is 4.49. The summed E-state index contributed by atoms with van der Waals surface area (Å²) in [5, 5.41) is -0.365. The van der Waals surface area contributed by atoms with Gasteiger partial charge in [0.05, 0.1) is 10.1 Å². The lowest BCUT2D eigenvalue weighted by atomic mass is 10.3. The molecule has 0 radical (unpaired) electrons. The van der Waals surface area contributed by atoms with Crippen LogP contribution in [-0.4, -0.2) is 13.7 Å². The van der Waals surface area contributed by atoms with Gasteiger partial charge in [0.1, 0.15) is 0 Å². The Kier molecular flexibility index (Phi) is 4.09. The minimum Gasteiger partial charge on any atom is -0.223 e. The summed E-state index contributed by atoms with van der Waals surface area (Å²) in [5.74, 6) is 0. The Balaban J connectivity index is 2.93. The maximum Gasteiger partial charge on any atom is 0.181 e.